The number of thioether (sulfide) groups is 1. The Morgan fingerprint density at radius 2 is 1.57 bits per heavy atom. The minimum atomic E-state index is -0.512. The van der Waals surface area contributed by atoms with Gasteiger partial charge in [0.05, 0.1) is 22.0 Å². The number of halogens is 1. The Balaban J connectivity index is 1.31. The molecule has 2 amide bonds. The molecule has 0 atom stereocenters. The first-order chi connectivity index (χ1) is 18.0. The largest absolute Gasteiger partial charge is 0.490 e. The van der Waals surface area contributed by atoms with E-state index in [1.54, 1.807) is 66.7 Å². The van der Waals surface area contributed by atoms with Crippen LogP contribution in [0.3, 0.4) is 0 Å². The number of esters is 1. The second kappa shape index (κ2) is 10.9. The number of hydrogen-bond acceptors (Lipinski definition) is 6. The summed E-state index contributed by atoms with van der Waals surface area (Å²) in [5.74, 6) is -0.182. The van der Waals surface area contributed by atoms with Crippen LogP contribution in [0, 0.1) is 0 Å². The van der Waals surface area contributed by atoms with Crippen LogP contribution < -0.4 is 9.47 Å². The number of carbonyl (C=O) groups excluding carboxylic acids is 3. The fourth-order valence-electron chi connectivity index (χ4n) is 3.89. The number of fused-ring (bicyclic) bond motifs is 1. The monoisotopic (exact) mass is 529 g/mol. The zero-order chi connectivity index (χ0) is 25.8. The van der Waals surface area contributed by atoms with E-state index < -0.39 is 17.1 Å². The molecule has 4 aromatic rings. The number of imide groups is 1. The lowest BCUT2D eigenvalue weighted by atomic mass is 10.0. The van der Waals surface area contributed by atoms with Crippen molar-refractivity contribution in [2.45, 2.75) is 0 Å². The van der Waals surface area contributed by atoms with Gasteiger partial charge in [-0.25, -0.2) is 4.79 Å². The summed E-state index contributed by atoms with van der Waals surface area (Å²) in [5.41, 5.74) is 0.945. The van der Waals surface area contributed by atoms with Gasteiger partial charge in [0.25, 0.3) is 11.1 Å². The summed E-state index contributed by atoms with van der Waals surface area (Å²) in [5, 5.41) is 1.76. The van der Waals surface area contributed by atoms with E-state index in [1.165, 1.54) is 0 Å². The van der Waals surface area contributed by atoms with Crippen molar-refractivity contribution in [1.82, 2.24) is 4.90 Å². The average Bonchev–Trinajstić information content (AvgIpc) is 3.17. The molecule has 37 heavy (non-hydrogen) atoms. The molecule has 1 saturated heterocycles. The van der Waals surface area contributed by atoms with E-state index in [4.69, 9.17) is 21.1 Å². The Hall–Kier alpha value is -4.07. The van der Waals surface area contributed by atoms with Crippen LogP contribution in [0.2, 0.25) is 5.02 Å². The summed E-state index contributed by atoms with van der Waals surface area (Å²) in [4.78, 5) is 39.9. The fraction of sp³-hybridized carbons (Fsp3) is 0.0690. The summed E-state index contributed by atoms with van der Waals surface area (Å²) < 4.78 is 11.3. The Morgan fingerprint density at radius 1 is 0.865 bits per heavy atom. The smallest absolute Gasteiger partial charge is 0.344 e. The van der Waals surface area contributed by atoms with Crippen molar-refractivity contribution in [2.24, 2.45) is 0 Å². The highest BCUT2D eigenvalue weighted by Gasteiger charge is 2.35. The van der Waals surface area contributed by atoms with E-state index in [2.05, 4.69) is 0 Å². The van der Waals surface area contributed by atoms with Gasteiger partial charge in [0.1, 0.15) is 18.1 Å². The van der Waals surface area contributed by atoms with Crippen LogP contribution in [-0.4, -0.2) is 35.2 Å². The lowest BCUT2D eigenvalue weighted by molar-refractivity contribution is -0.123. The molecule has 1 aliphatic rings. The molecular formula is C29H20ClNO5S. The predicted molar refractivity (Wildman–Crippen MR) is 145 cm³/mol. The maximum absolute atomic E-state index is 13.0. The van der Waals surface area contributed by atoms with Crippen LogP contribution in [0.1, 0.15) is 15.9 Å². The molecule has 0 aromatic heterocycles. The summed E-state index contributed by atoms with van der Waals surface area (Å²) in [7, 11) is 0. The van der Waals surface area contributed by atoms with Crippen LogP contribution >= 0.6 is 23.4 Å². The second-order valence-electron chi connectivity index (χ2n) is 8.07. The summed E-state index contributed by atoms with van der Waals surface area (Å²) in [6.07, 6.45) is 1.56. The fourth-order valence-corrected chi connectivity index (χ4v) is 4.94. The lowest BCUT2D eigenvalue weighted by Gasteiger charge is -2.13. The first-order valence-corrected chi connectivity index (χ1v) is 12.6. The van der Waals surface area contributed by atoms with Crippen LogP contribution in [0.4, 0.5) is 4.79 Å². The molecule has 0 radical (unpaired) electrons. The van der Waals surface area contributed by atoms with Gasteiger partial charge in [-0.15, -0.1) is 0 Å². The van der Waals surface area contributed by atoms with Gasteiger partial charge in [-0.3, -0.25) is 14.5 Å². The summed E-state index contributed by atoms with van der Waals surface area (Å²) >= 11 is 6.92. The number of benzene rings is 4. The van der Waals surface area contributed by atoms with Crippen LogP contribution in [-0.2, 0) is 4.79 Å². The molecule has 0 bridgehead atoms. The first kappa shape index (κ1) is 24.6. The quantitative estimate of drug-likeness (QED) is 0.148. The molecule has 0 N–H and O–H groups in total. The molecule has 184 valence electrons. The lowest BCUT2D eigenvalue weighted by Crippen LogP contribution is -2.32. The van der Waals surface area contributed by atoms with E-state index in [0.29, 0.717) is 21.9 Å². The Morgan fingerprint density at radius 3 is 2.41 bits per heavy atom. The van der Waals surface area contributed by atoms with Gasteiger partial charge in [0.2, 0.25) is 0 Å². The molecule has 6 nitrogen and oxygen atoms in total. The van der Waals surface area contributed by atoms with E-state index in [1.807, 2.05) is 30.3 Å². The third-order valence-corrected chi connectivity index (χ3v) is 6.92. The summed E-state index contributed by atoms with van der Waals surface area (Å²) in [6.45, 7) is 0.180. The van der Waals surface area contributed by atoms with E-state index >= 15 is 0 Å². The van der Waals surface area contributed by atoms with Crippen LogP contribution in [0.25, 0.3) is 16.8 Å². The van der Waals surface area contributed by atoms with Crippen molar-refractivity contribution in [2.75, 3.05) is 13.2 Å². The van der Waals surface area contributed by atoms with Gasteiger partial charge in [-0.1, -0.05) is 78.3 Å². The second-order valence-corrected chi connectivity index (χ2v) is 9.47. The highest BCUT2D eigenvalue weighted by Crippen LogP contribution is 2.34. The number of hydrogen-bond donors (Lipinski definition) is 0. The van der Waals surface area contributed by atoms with Crippen molar-refractivity contribution in [3.05, 3.63) is 112 Å². The number of ether oxygens (including phenoxy) is 2. The van der Waals surface area contributed by atoms with Crippen molar-refractivity contribution in [3.8, 4) is 11.5 Å². The van der Waals surface area contributed by atoms with Crippen molar-refractivity contribution in [3.63, 3.8) is 0 Å². The Bertz CT molecular complexity index is 1550. The third kappa shape index (κ3) is 5.38. The molecule has 1 heterocycles. The molecule has 0 aliphatic carbocycles. The number of nitrogens with zero attached hydrogens (tertiary/aromatic N) is 1. The highest BCUT2D eigenvalue weighted by molar-refractivity contribution is 8.18. The van der Waals surface area contributed by atoms with Crippen LogP contribution in [0.5, 0.6) is 11.5 Å². The Labute approximate surface area is 222 Å². The molecule has 5 rings (SSSR count). The zero-order valence-corrected chi connectivity index (χ0v) is 21.0. The van der Waals surface area contributed by atoms with Crippen molar-refractivity contribution in [1.29, 1.82) is 0 Å². The Kier molecular flexibility index (Phi) is 7.25. The maximum atomic E-state index is 13.0. The van der Waals surface area contributed by atoms with E-state index in [9.17, 15) is 14.4 Å². The first-order valence-electron chi connectivity index (χ1n) is 11.4. The molecule has 1 fully saturated rings. The van der Waals surface area contributed by atoms with Gasteiger partial charge in [-0.05, 0) is 52.9 Å². The maximum Gasteiger partial charge on any atom is 0.344 e. The molecule has 4 aromatic carbocycles. The average molecular weight is 530 g/mol. The minimum Gasteiger partial charge on any atom is -0.490 e. The highest BCUT2D eigenvalue weighted by atomic mass is 35.5. The molecular weight excluding hydrogens is 510 g/mol. The predicted octanol–water partition coefficient (Wildman–Crippen LogP) is 6.83. The number of para-hydroxylation sites is 2. The van der Waals surface area contributed by atoms with Gasteiger partial charge in [0, 0.05) is 5.56 Å². The van der Waals surface area contributed by atoms with Gasteiger partial charge in [0.15, 0.2) is 0 Å². The van der Waals surface area contributed by atoms with Gasteiger partial charge < -0.3 is 9.47 Å². The molecule has 8 heteroatoms. The topological polar surface area (TPSA) is 72.9 Å². The minimum absolute atomic E-state index is 0.0743. The summed E-state index contributed by atoms with van der Waals surface area (Å²) in [6, 6.07) is 26.9. The standard InChI is InChI=1S/C29H20ClNO5S/c30-23-13-4-6-15-25(23)35-17-16-31-27(32)26(37-29(31)34)18-20-9-2-5-14-24(20)36-28(33)22-12-7-10-19-8-1-3-11-21(19)22/h1-15,18H,16-17H2/b26-18-. The van der Waals surface area contributed by atoms with E-state index in [0.717, 1.165) is 27.4 Å². The van der Waals surface area contributed by atoms with Crippen molar-refractivity contribution >= 4 is 57.3 Å². The molecule has 1 aliphatic heterocycles. The number of amides is 2. The van der Waals surface area contributed by atoms with Crippen molar-refractivity contribution < 1.29 is 23.9 Å². The third-order valence-electron chi connectivity index (χ3n) is 5.70. The zero-order valence-electron chi connectivity index (χ0n) is 19.4. The van der Waals surface area contributed by atoms with Crippen LogP contribution in [0.15, 0.2) is 95.9 Å². The SMILES string of the molecule is O=C(Oc1ccccc1/C=C1\SC(=O)N(CCOc2ccccc2Cl)C1=O)c1cccc2ccccc12. The molecule has 0 unspecified atom stereocenters. The molecule has 0 saturated carbocycles. The van der Waals surface area contributed by atoms with E-state index in [-0.39, 0.29) is 23.8 Å². The normalized spacial score (nSPS) is 14.4. The number of carbonyl (C=O) groups is 3. The number of rotatable bonds is 7. The van der Waals surface area contributed by atoms with Gasteiger partial charge >= 0.3 is 5.97 Å². The molecule has 0 spiro atoms. The van der Waals surface area contributed by atoms with Gasteiger partial charge in [-0.2, -0.15) is 0 Å².